The van der Waals surface area contributed by atoms with Crippen LogP contribution in [-0.2, 0) is 0 Å². The molecule has 0 aliphatic rings. The lowest BCUT2D eigenvalue weighted by Gasteiger charge is -2.07. The summed E-state index contributed by atoms with van der Waals surface area (Å²) in [6, 6.07) is 7.58. The highest BCUT2D eigenvalue weighted by molar-refractivity contribution is 6.31. The van der Waals surface area contributed by atoms with E-state index >= 15 is 0 Å². The number of rotatable bonds is 2. The molecule has 3 rings (SSSR count). The zero-order valence-corrected chi connectivity index (χ0v) is 11.8. The number of aromatic amines is 1. The van der Waals surface area contributed by atoms with Gasteiger partial charge in [-0.1, -0.05) is 17.7 Å². The number of hydrogen-bond donors (Lipinski definition) is 2. The van der Waals surface area contributed by atoms with Gasteiger partial charge in [-0.15, -0.1) is 0 Å². The first-order valence-corrected chi connectivity index (χ1v) is 6.63. The molecule has 2 aromatic carbocycles. The van der Waals surface area contributed by atoms with Gasteiger partial charge >= 0.3 is 0 Å². The van der Waals surface area contributed by atoms with Gasteiger partial charge in [-0.2, -0.15) is 0 Å². The van der Waals surface area contributed by atoms with Gasteiger partial charge in [0.05, 0.1) is 27.9 Å². The maximum Gasteiger partial charge on any atom is 0.257 e. The number of imidazole rings is 1. The highest BCUT2D eigenvalue weighted by Crippen LogP contribution is 2.22. The third kappa shape index (κ3) is 2.48. The zero-order valence-electron chi connectivity index (χ0n) is 11.1. The molecular weight excluding hydrogens is 293 g/mol. The summed E-state index contributed by atoms with van der Waals surface area (Å²) < 4.78 is 13.1. The number of H-pyrrole nitrogens is 1. The molecule has 0 fully saturated rings. The molecule has 106 valence electrons. The second-order valence-electron chi connectivity index (χ2n) is 4.64. The molecule has 3 aromatic rings. The number of benzene rings is 2. The van der Waals surface area contributed by atoms with Crippen LogP contribution >= 0.6 is 11.6 Å². The van der Waals surface area contributed by atoms with E-state index in [9.17, 15) is 9.18 Å². The zero-order chi connectivity index (χ0) is 15.0. The molecule has 0 unspecified atom stereocenters. The van der Waals surface area contributed by atoms with Gasteiger partial charge in [-0.3, -0.25) is 4.79 Å². The standard InChI is InChI=1S/C15H11ClFN3O/c1-8-2-4-10(14-13(8)18-7-19-14)15(21)20-9-3-5-12(17)11(16)6-9/h2-7H,1H3,(H,18,19)(H,20,21). The van der Waals surface area contributed by atoms with Crippen LogP contribution in [0, 0.1) is 12.7 Å². The minimum absolute atomic E-state index is 0.0385. The quantitative estimate of drug-likeness (QED) is 0.754. The predicted molar refractivity (Wildman–Crippen MR) is 80.2 cm³/mol. The number of aryl methyl sites for hydroxylation is 1. The lowest BCUT2D eigenvalue weighted by atomic mass is 10.1. The Labute approximate surface area is 125 Å². The minimum atomic E-state index is -0.527. The first kappa shape index (κ1) is 13.6. The van der Waals surface area contributed by atoms with Crippen molar-refractivity contribution < 1.29 is 9.18 Å². The van der Waals surface area contributed by atoms with Crippen LogP contribution in [-0.4, -0.2) is 15.9 Å². The number of halogens is 2. The molecule has 0 saturated heterocycles. The van der Waals surface area contributed by atoms with Crippen molar-refractivity contribution in [1.29, 1.82) is 0 Å². The second-order valence-corrected chi connectivity index (χ2v) is 5.05. The lowest BCUT2D eigenvalue weighted by Crippen LogP contribution is -2.12. The van der Waals surface area contributed by atoms with Gasteiger partial charge in [0, 0.05) is 5.69 Å². The molecule has 6 heteroatoms. The van der Waals surface area contributed by atoms with Gasteiger partial charge in [0.15, 0.2) is 0 Å². The Kier molecular flexibility index (Phi) is 3.35. The summed E-state index contributed by atoms with van der Waals surface area (Å²) in [5, 5.41) is 2.65. The number of anilines is 1. The van der Waals surface area contributed by atoms with Crippen LogP contribution in [0.5, 0.6) is 0 Å². The van der Waals surface area contributed by atoms with Crippen LogP contribution in [0.1, 0.15) is 15.9 Å². The van der Waals surface area contributed by atoms with Crippen LogP contribution < -0.4 is 5.32 Å². The van der Waals surface area contributed by atoms with Crippen molar-refractivity contribution >= 4 is 34.2 Å². The van der Waals surface area contributed by atoms with E-state index in [-0.39, 0.29) is 10.9 Å². The Bertz CT molecular complexity index is 844. The molecule has 0 aliphatic heterocycles. The number of amides is 1. The largest absolute Gasteiger partial charge is 0.344 e. The molecule has 2 N–H and O–H groups in total. The van der Waals surface area contributed by atoms with E-state index in [1.54, 1.807) is 12.4 Å². The van der Waals surface area contributed by atoms with Gasteiger partial charge in [0.2, 0.25) is 0 Å². The maximum atomic E-state index is 13.1. The minimum Gasteiger partial charge on any atom is -0.344 e. The number of nitrogens with zero attached hydrogens (tertiary/aromatic N) is 1. The molecule has 0 radical (unpaired) electrons. The van der Waals surface area contributed by atoms with E-state index in [1.165, 1.54) is 18.2 Å². The molecule has 4 nitrogen and oxygen atoms in total. The van der Waals surface area contributed by atoms with E-state index in [4.69, 9.17) is 11.6 Å². The highest BCUT2D eigenvalue weighted by Gasteiger charge is 2.14. The van der Waals surface area contributed by atoms with Crippen molar-refractivity contribution in [2.45, 2.75) is 6.92 Å². The average molecular weight is 304 g/mol. The molecule has 0 aliphatic carbocycles. The first-order valence-electron chi connectivity index (χ1n) is 6.25. The monoisotopic (exact) mass is 303 g/mol. The van der Waals surface area contributed by atoms with Gasteiger partial charge in [-0.05, 0) is 36.8 Å². The normalized spacial score (nSPS) is 10.8. The fraction of sp³-hybridized carbons (Fsp3) is 0.0667. The summed E-state index contributed by atoms with van der Waals surface area (Å²) >= 11 is 5.70. The Morgan fingerprint density at radius 2 is 2.14 bits per heavy atom. The van der Waals surface area contributed by atoms with E-state index < -0.39 is 5.82 Å². The lowest BCUT2D eigenvalue weighted by molar-refractivity contribution is 0.102. The predicted octanol–water partition coefficient (Wildman–Crippen LogP) is 3.92. The summed E-state index contributed by atoms with van der Waals surface area (Å²) in [5.41, 5.74) is 3.29. The van der Waals surface area contributed by atoms with Crippen molar-refractivity contribution in [3.8, 4) is 0 Å². The average Bonchev–Trinajstić information content (AvgIpc) is 2.93. The van der Waals surface area contributed by atoms with Crippen molar-refractivity contribution in [3.05, 3.63) is 58.6 Å². The van der Waals surface area contributed by atoms with Crippen LogP contribution in [0.3, 0.4) is 0 Å². The Morgan fingerprint density at radius 1 is 1.33 bits per heavy atom. The topological polar surface area (TPSA) is 57.8 Å². The number of aromatic nitrogens is 2. The summed E-state index contributed by atoms with van der Waals surface area (Å²) in [6.45, 7) is 1.92. The number of fused-ring (bicyclic) bond motifs is 1. The van der Waals surface area contributed by atoms with Crippen molar-refractivity contribution in [3.63, 3.8) is 0 Å². The Hall–Kier alpha value is -2.40. The Balaban J connectivity index is 1.95. The molecule has 0 spiro atoms. The highest BCUT2D eigenvalue weighted by atomic mass is 35.5. The molecule has 0 atom stereocenters. The SMILES string of the molecule is Cc1ccc(C(=O)Nc2ccc(F)c(Cl)c2)c2[nH]cnc12. The van der Waals surface area contributed by atoms with Gasteiger partial charge in [0.1, 0.15) is 5.82 Å². The smallest absolute Gasteiger partial charge is 0.257 e. The summed E-state index contributed by atoms with van der Waals surface area (Å²) in [6.07, 6.45) is 1.54. The summed E-state index contributed by atoms with van der Waals surface area (Å²) in [4.78, 5) is 19.5. The van der Waals surface area contributed by atoms with E-state index in [2.05, 4.69) is 15.3 Å². The fourth-order valence-corrected chi connectivity index (χ4v) is 2.31. The third-order valence-corrected chi connectivity index (χ3v) is 3.49. The molecule has 1 aromatic heterocycles. The third-order valence-electron chi connectivity index (χ3n) is 3.20. The fourth-order valence-electron chi connectivity index (χ4n) is 2.13. The van der Waals surface area contributed by atoms with Gasteiger partial charge < -0.3 is 10.3 Å². The van der Waals surface area contributed by atoms with Crippen molar-refractivity contribution in [2.75, 3.05) is 5.32 Å². The van der Waals surface area contributed by atoms with Crippen LogP contribution in [0.2, 0.25) is 5.02 Å². The van der Waals surface area contributed by atoms with Gasteiger partial charge in [-0.25, -0.2) is 9.37 Å². The molecular formula is C15H11ClFN3O. The maximum absolute atomic E-state index is 13.1. The molecule has 1 amide bonds. The van der Waals surface area contributed by atoms with E-state index in [1.807, 2.05) is 13.0 Å². The number of carbonyl (C=O) groups is 1. The van der Waals surface area contributed by atoms with Crippen LogP contribution in [0.4, 0.5) is 10.1 Å². The second kappa shape index (κ2) is 5.18. The molecule has 0 saturated carbocycles. The number of nitrogens with one attached hydrogen (secondary N) is 2. The van der Waals surface area contributed by atoms with Gasteiger partial charge in [0.25, 0.3) is 5.91 Å². The Morgan fingerprint density at radius 3 is 2.90 bits per heavy atom. The summed E-state index contributed by atoms with van der Waals surface area (Å²) in [5.74, 6) is -0.840. The van der Waals surface area contributed by atoms with Crippen molar-refractivity contribution in [1.82, 2.24) is 9.97 Å². The van der Waals surface area contributed by atoms with Crippen molar-refractivity contribution in [2.24, 2.45) is 0 Å². The molecule has 21 heavy (non-hydrogen) atoms. The molecule has 1 heterocycles. The first-order chi connectivity index (χ1) is 10.1. The van der Waals surface area contributed by atoms with E-state index in [0.29, 0.717) is 16.8 Å². The van der Waals surface area contributed by atoms with Crippen LogP contribution in [0.15, 0.2) is 36.7 Å². The number of hydrogen-bond acceptors (Lipinski definition) is 2. The van der Waals surface area contributed by atoms with Crippen LogP contribution in [0.25, 0.3) is 11.0 Å². The van der Waals surface area contributed by atoms with E-state index in [0.717, 1.165) is 11.1 Å². The number of carbonyl (C=O) groups excluding carboxylic acids is 1. The summed E-state index contributed by atoms with van der Waals surface area (Å²) in [7, 11) is 0. The molecule has 0 bridgehead atoms.